The number of hydrogen-bond donors (Lipinski definition) is 0. The van der Waals surface area contributed by atoms with Crippen LogP contribution in [0.2, 0.25) is 5.04 Å². The predicted molar refractivity (Wildman–Crippen MR) is 130 cm³/mol. The van der Waals surface area contributed by atoms with Gasteiger partial charge in [0.2, 0.25) is 0 Å². The van der Waals surface area contributed by atoms with Crippen molar-refractivity contribution in [1.29, 1.82) is 0 Å². The third-order valence-corrected chi connectivity index (χ3v) is 11.8. The first-order valence-corrected chi connectivity index (χ1v) is 12.6. The van der Waals surface area contributed by atoms with Gasteiger partial charge in [-0.05, 0) is 34.0 Å². The molecule has 2 nitrogen and oxygen atoms in total. The van der Waals surface area contributed by atoms with Crippen LogP contribution in [0.25, 0.3) is 0 Å². The Balaban J connectivity index is 2.03. The average molecular weight is 411 g/mol. The summed E-state index contributed by atoms with van der Waals surface area (Å²) >= 11 is 0. The maximum atomic E-state index is 4.99. The van der Waals surface area contributed by atoms with Crippen molar-refractivity contribution in [3.8, 4) is 0 Å². The summed E-state index contributed by atoms with van der Waals surface area (Å²) in [6.45, 7) is 10.1. The van der Waals surface area contributed by atoms with Crippen molar-refractivity contribution in [2.75, 3.05) is 0 Å². The third-order valence-electron chi connectivity index (χ3n) is 6.00. The van der Waals surface area contributed by atoms with E-state index in [9.17, 15) is 0 Å². The van der Waals surface area contributed by atoms with Crippen LogP contribution in [-0.4, -0.2) is 17.9 Å². The molecule has 4 aromatic rings. The number of benzene rings is 3. The Morgan fingerprint density at radius 2 is 1.20 bits per heavy atom. The topological polar surface area (TPSA) is 17.8 Å². The molecular formula is C27H30N2Si. The molecule has 1 aromatic heterocycles. The number of aromatic nitrogens is 2. The smallest absolute Gasteiger partial charge is 0.176 e. The molecule has 1 heterocycles. The molecule has 152 valence electrons. The molecule has 0 aliphatic heterocycles. The summed E-state index contributed by atoms with van der Waals surface area (Å²) < 4.78 is 2.27. The van der Waals surface area contributed by atoms with E-state index in [0.717, 1.165) is 12.2 Å². The molecule has 3 heteroatoms. The minimum absolute atomic E-state index is 0.0522. The van der Waals surface area contributed by atoms with Crippen LogP contribution >= 0.6 is 0 Å². The van der Waals surface area contributed by atoms with Gasteiger partial charge in [0.05, 0.1) is 12.2 Å². The van der Waals surface area contributed by atoms with E-state index in [1.165, 1.54) is 21.3 Å². The fraction of sp³-hybridized carbons (Fsp3) is 0.222. The van der Waals surface area contributed by atoms with Gasteiger partial charge in [-0.25, -0.2) is 0 Å². The molecule has 0 saturated carbocycles. The van der Waals surface area contributed by atoms with Gasteiger partial charge in [-0.3, -0.25) is 4.68 Å². The van der Waals surface area contributed by atoms with Gasteiger partial charge >= 0.3 is 0 Å². The lowest BCUT2D eigenvalue weighted by molar-refractivity contribution is 0.682. The quantitative estimate of drug-likeness (QED) is 0.443. The summed E-state index contributed by atoms with van der Waals surface area (Å²) in [5.41, 5.74) is 2.36. The monoisotopic (exact) mass is 410 g/mol. The summed E-state index contributed by atoms with van der Waals surface area (Å²) in [6, 6.07) is 35.2. The first-order chi connectivity index (χ1) is 14.4. The van der Waals surface area contributed by atoms with Crippen LogP contribution < -0.4 is 15.7 Å². The van der Waals surface area contributed by atoms with E-state index in [0.29, 0.717) is 0 Å². The molecule has 0 aliphatic carbocycles. The molecule has 0 unspecified atom stereocenters. The van der Waals surface area contributed by atoms with Crippen LogP contribution in [0.3, 0.4) is 0 Å². The first kappa shape index (κ1) is 20.4. The molecule has 3 aromatic carbocycles. The van der Waals surface area contributed by atoms with E-state index < -0.39 is 8.07 Å². The molecule has 0 atom stereocenters. The van der Waals surface area contributed by atoms with Crippen LogP contribution in [0.4, 0.5) is 0 Å². The van der Waals surface area contributed by atoms with Gasteiger partial charge < -0.3 is 0 Å². The third kappa shape index (κ3) is 3.54. The van der Waals surface area contributed by atoms with Crippen LogP contribution in [0.1, 0.15) is 32.0 Å². The van der Waals surface area contributed by atoms with Gasteiger partial charge in [-0.2, -0.15) is 5.10 Å². The molecule has 0 spiro atoms. The Kier molecular flexibility index (Phi) is 5.48. The van der Waals surface area contributed by atoms with Crippen molar-refractivity contribution >= 4 is 23.8 Å². The van der Waals surface area contributed by atoms with Crippen molar-refractivity contribution in [3.05, 3.63) is 108 Å². The van der Waals surface area contributed by atoms with Crippen LogP contribution in [0.5, 0.6) is 0 Å². The molecule has 0 fully saturated rings. The van der Waals surface area contributed by atoms with Crippen LogP contribution in [0, 0.1) is 6.92 Å². The number of hydrogen-bond acceptors (Lipinski definition) is 1. The van der Waals surface area contributed by atoms with Gasteiger partial charge in [0, 0.05) is 5.32 Å². The lowest BCUT2D eigenvalue weighted by Crippen LogP contribution is -2.73. The normalized spacial score (nSPS) is 12.1. The zero-order valence-corrected chi connectivity index (χ0v) is 19.3. The molecule has 0 aliphatic rings. The van der Waals surface area contributed by atoms with E-state index in [4.69, 9.17) is 5.10 Å². The van der Waals surface area contributed by atoms with E-state index in [2.05, 4.69) is 129 Å². The van der Waals surface area contributed by atoms with Crippen LogP contribution in [0.15, 0.2) is 97.1 Å². The lowest BCUT2D eigenvalue weighted by atomic mass is 10.2. The molecule has 30 heavy (non-hydrogen) atoms. The SMILES string of the molecule is Cc1cc([Si](c2ccccc2)(c2ccccc2)C(C)(C)C)n(Cc2ccccc2)n1. The minimum Gasteiger partial charge on any atom is -0.268 e. The molecule has 0 N–H and O–H groups in total. The zero-order chi connectivity index (χ0) is 21.2. The fourth-order valence-corrected chi connectivity index (χ4v) is 10.6. The predicted octanol–water partition coefficient (Wildman–Crippen LogP) is 4.51. The number of nitrogens with zero attached hydrogens (tertiary/aromatic N) is 2. The molecule has 4 rings (SSSR count). The Labute approximate surface area is 181 Å². The van der Waals surface area contributed by atoms with Crippen molar-refractivity contribution in [2.45, 2.75) is 39.3 Å². The summed E-state index contributed by atoms with van der Waals surface area (Å²) in [6.07, 6.45) is 0. The second kappa shape index (κ2) is 8.08. The van der Waals surface area contributed by atoms with Crippen molar-refractivity contribution < 1.29 is 0 Å². The Hall–Kier alpha value is -2.91. The van der Waals surface area contributed by atoms with Gasteiger partial charge in [0.1, 0.15) is 0 Å². The molecule has 0 radical (unpaired) electrons. The van der Waals surface area contributed by atoms with Gasteiger partial charge in [0.25, 0.3) is 0 Å². The highest BCUT2D eigenvalue weighted by Gasteiger charge is 2.51. The molecule has 0 bridgehead atoms. The minimum atomic E-state index is -2.40. The maximum Gasteiger partial charge on any atom is 0.176 e. The highest BCUT2D eigenvalue weighted by atomic mass is 28.3. The summed E-state index contributed by atoms with van der Waals surface area (Å²) in [4.78, 5) is 0. The standard InChI is InChI=1S/C27H30N2Si/c1-22-20-26(29(28-22)21-23-14-8-5-9-15-23)30(27(2,3)4,24-16-10-6-11-17-24)25-18-12-7-13-19-25/h5-20H,21H2,1-4H3. The highest BCUT2D eigenvalue weighted by Crippen LogP contribution is 2.36. The largest absolute Gasteiger partial charge is 0.268 e. The van der Waals surface area contributed by atoms with E-state index in [-0.39, 0.29) is 5.04 Å². The maximum absolute atomic E-state index is 4.99. The average Bonchev–Trinajstić information content (AvgIpc) is 3.10. The van der Waals surface area contributed by atoms with Gasteiger partial charge in [0.15, 0.2) is 8.07 Å². The molecule has 0 saturated heterocycles. The summed E-state index contributed by atoms with van der Waals surface area (Å²) in [5, 5.41) is 9.27. The molecular weight excluding hydrogens is 380 g/mol. The van der Waals surface area contributed by atoms with Crippen LogP contribution in [-0.2, 0) is 6.54 Å². The van der Waals surface area contributed by atoms with Gasteiger partial charge in [-0.15, -0.1) is 0 Å². The zero-order valence-electron chi connectivity index (χ0n) is 18.3. The lowest BCUT2D eigenvalue weighted by Gasteiger charge is -2.44. The van der Waals surface area contributed by atoms with Crippen molar-refractivity contribution in [1.82, 2.24) is 9.78 Å². The Morgan fingerprint density at radius 3 is 1.67 bits per heavy atom. The Bertz CT molecular complexity index is 1050. The van der Waals surface area contributed by atoms with E-state index >= 15 is 0 Å². The summed E-state index contributed by atoms with van der Waals surface area (Å²) in [5.74, 6) is 0. The van der Waals surface area contributed by atoms with Crippen molar-refractivity contribution in [3.63, 3.8) is 0 Å². The second-order valence-corrected chi connectivity index (χ2v) is 13.7. The fourth-order valence-electron chi connectivity index (χ4n) is 4.81. The Morgan fingerprint density at radius 1 is 0.733 bits per heavy atom. The van der Waals surface area contributed by atoms with E-state index in [1.54, 1.807) is 0 Å². The first-order valence-electron chi connectivity index (χ1n) is 10.6. The highest BCUT2D eigenvalue weighted by molar-refractivity contribution is 7.13. The summed E-state index contributed by atoms with van der Waals surface area (Å²) in [7, 11) is -2.40. The van der Waals surface area contributed by atoms with Crippen molar-refractivity contribution in [2.24, 2.45) is 0 Å². The van der Waals surface area contributed by atoms with E-state index in [1.807, 2.05) is 0 Å². The second-order valence-electron chi connectivity index (χ2n) is 9.05. The number of aryl methyl sites for hydroxylation is 1. The number of rotatable bonds is 5. The molecule has 0 amide bonds. The van der Waals surface area contributed by atoms with Gasteiger partial charge in [-0.1, -0.05) is 112 Å².